The summed E-state index contributed by atoms with van der Waals surface area (Å²) in [5.74, 6) is -1.02. The maximum atomic E-state index is 13.0. The highest BCUT2D eigenvalue weighted by atomic mass is 35.5. The number of nitrogens with two attached hydrogens (primary N) is 1. The molecule has 2 aromatic carbocycles. The van der Waals surface area contributed by atoms with Crippen LogP contribution in [0.1, 0.15) is 32.6 Å². The van der Waals surface area contributed by atoms with E-state index < -0.39 is 27.9 Å². The quantitative estimate of drug-likeness (QED) is 0.746. The Labute approximate surface area is 160 Å². The van der Waals surface area contributed by atoms with Gasteiger partial charge in [0, 0.05) is 17.5 Å². The highest BCUT2D eigenvalue weighted by molar-refractivity contribution is 7.89. The molecule has 9 heteroatoms. The second-order valence-electron chi connectivity index (χ2n) is 6.33. The van der Waals surface area contributed by atoms with Crippen molar-refractivity contribution in [2.24, 2.45) is 5.14 Å². The summed E-state index contributed by atoms with van der Waals surface area (Å²) in [6.45, 7) is 3.46. The van der Waals surface area contributed by atoms with Crippen molar-refractivity contribution >= 4 is 33.4 Å². The summed E-state index contributed by atoms with van der Waals surface area (Å²) in [4.78, 5) is 23.9. The zero-order valence-electron chi connectivity index (χ0n) is 14.4. The molecule has 1 heterocycles. The Bertz CT molecular complexity index is 1090. The SMILES string of the molecule is Cc1c(C(=O)c2ccc(Cl)c(S(N)(=O)=O)c2)cc2c(c1C)OC(C(=O)O)C2. The van der Waals surface area contributed by atoms with Crippen molar-refractivity contribution in [3.05, 3.63) is 57.1 Å². The predicted octanol–water partition coefficient (Wildman–Crippen LogP) is 2.22. The third-order valence-electron chi connectivity index (χ3n) is 4.60. The van der Waals surface area contributed by atoms with Crippen LogP contribution in [0.5, 0.6) is 5.75 Å². The number of primary sulfonamides is 1. The van der Waals surface area contributed by atoms with E-state index in [4.69, 9.17) is 26.6 Å². The van der Waals surface area contributed by atoms with E-state index in [1.165, 1.54) is 12.1 Å². The van der Waals surface area contributed by atoms with E-state index in [1.807, 2.05) is 0 Å². The molecule has 3 N–H and O–H groups in total. The molecule has 0 saturated heterocycles. The van der Waals surface area contributed by atoms with E-state index in [0.29, 0.717) is 28.0 Å². The first kappa shape index (κ1) is 19.3. The van der Waals surface area contributed by atoms with Crippen molar-refractivity contribution in [3.63, 3.8) is 0 Å². The first-order valence-corrected chi connectivity index (χ1v) is 9.82. The van der Waals surface area contributed by atoms with Gasteiger partial charge in [0.25, 0.3) is 0 Å². The van der Waals surface area contributed by atoms with Gasteiger partial charge in [-0.3, -0.25) is 4.79 Å². The highest BCUT2D eigenvalue weighted by Gasteiger charge is 2.32. The molecular formula is C18H16ClNO6S. The number of carbonyl (C=O) groups is 2. The molecule has 0 spiro atoms. The van der Waals surface area contributed by atoms with E-state index in [9.17, 15) is 18.0 Å². The van der Waals surface area contributed by atoms with E-state index in [0.717, 1.165) is 6.07 Å². The van der Waals surface area contributed by atoms with E-state index in [-0.39, 0.29) is 21.9 Å². The number of halogens is 1. The lowest BCUT2D eigenvalue weighted by Gasteiger charge is -2.13. The monoisotopic (exact) mass is 409 g/mol. The van der Waals surface area contributed by atoms with Crippen LogP contribution in [0.3, 0.4) is 0 Å². The lowest BCUT2D eigenvalue weighted by molar-refractivity contribution is -0.144. The fraction of sp³-hybridized carbons (Fsp3) is 0.222. The topological polar surface area (TPSA) is 124 Å². The van der Waals surface area contributed by atoms with E-state index in [1.54, 1.807) is 19.9 Å². The number of hydrogen-bond donors (Lipinski definition) is 2. The first-order valence-electron chi connectivity index (χ1n) is 7.90. The zero-order chi connectivity index (χ0) is 20.1. The van der Waals surface area contributed by atoms with Crippen LogP contribution in [0.4, 0.5) is 0 Å². The number of carboxylic acids is 1. The van der Waals surface area contributed by atoms with Crippen LogP contribution in [0.2, 0.25) is 5.02 Å². The summed E-state index contributed by atoms with van der Waals surface area (Å²) >= 11 is 5.87. The number of aliphatic carboxylic acids is 1. The summed E-state index contributed by atoms with van der Waals surface area (Å²) < 4.78 is 28.8. The molecule has 1 aliphatic heterocycles. The third kappa shape index (κ3) is 3.43. The van der Waals surface area contributed by atoms with Crippen molar-refractivity contribution in [2.75, 3.05) is 0 Å². The highest BCUT2D eigenvalue weighted by Crippen LogP contribution is 2.37. The normalized spacial score (nSPS) is 15.9. The van der Waals surface area contributed by atoms with Crippen LogP contribution >= 0.6 is 11.6 Å². The van der Waals surface area contributed by atoms with Gasteiger partial charge in [-0.15, -0.1) is 0 Å². The summed E-state index contributed by atoms with van der Waals surface area (Å²) in [5.41, 5.74) is 2.36. The lowest BCUT2D eigenvalue weighted by Crippen LogP contribution is -2.24. The molecule has 3 rings (SSSR count). The van der Waals surface area contributed by atoms with Crippen LogP contribution < -0.4 is 9.88 Å². The molecule has 1 atom stereocenters. The molecule has 0 aliphatic carbocycles. The Morgan fingerprint density at radius 3 is 2.48 bits per heavy atom. The fourth-order valence-corrected chi connectivity index (χ4v) is 4.12. The molecule has 27 heavy (non-hydrogen) atoms. The van der Waals surface area contributed by atoms with Crippen molar-refractivity contribution in [3.8, 4) is 5.75 Å². The molecule has 142 valence electrons. The Morgan fingerprint density at radius 1 is 1.22 bits per heavy atom. The van der Waals surface area contributed by atoms with Crippen LogP contribution in [-0.2, 0) is 21.2 Å². The van der Waals surface area contributed by atoms with Gasteiger partial charge in [-0.2, -0.15) is 0 Å². The maximum Gasteiger partial charge on any atom is 0.345 e. The molecule has 1 aliphatic rings. The van der Waals surface area contributed by atoms with Crippen molar-refractivity contribution in [1.29, 1.82) is 0 Å². The van der Waals surface area contributed by atoms with Crippen LogP contribution in [0, 0.1) is 13.8 Å². The van der Waals surface area contributed by atoms with Gasteiger partial charge in [0.05, 0.1) is 5.02 Å². The number of ether oxygens (including phenoxy) is 1. The number of carboxylic acid groups (broad SMARTS) is 1. The minimum Gasteiger partial charge on any atom is -0.478 e. The molecule has 0 radical (unpaired) electrons. The first-order chi connectivity index (χ1) is 12.5. The van der Waals surface area contributed by atoms with Crippen LogP contribution in [0.25, 0.3) is 0 Å². The Balaban J connectivity index is 2.09. The number of benzene rings is 2. The second kappa shape index (κ2) is 6.63. The summed E-state index contributed by atoms with van der Waals surface area (Å²) in [5, 5.41) is 14.2. The Kier molecular flexibility index (Phi) is 4.75. The van der Waals surface area contributed by atoms with Gasteiger partial charge >= 0.3 is 5.97 Å². The molecular weight excluding hydrogens is 394 g/mol. The van der Waals surface area contributed by atoms with Gasteiger partial charge < -0.3 is 9.84 Å². The van der Waals surface area contributed by atoms with Gasteiger partial charge in [0.15, 0.2) is 11.9 Å². The van der Waals surface area contributed by atoms with E-state index in [2.05, 4.69) is 0 Å². The van der Waals surface area contributed by atoms with Crippen molar-refractivity contribution in [1.82, 2.24) is 0 Å². The van der Waals surface area contributed by atoms with Gasteiger partial charge in [-0.1, -0.05) is 11.6 Å². The number of carbonyl (C=O) groups excluding carboxylic acids is 1. The molecule has 0 saturated carbocycles. The number of rotatable bonds is 4. The summed E-state index contributed by atoms with van der Waals surface area (Å²) in [7, 11) is -4.09. The van der Waals surface area contributed by atoms with Crippen molar-refractivity contribution < 1.29 is 27.9 Å². The second-order valence-corrected chi connectivity index (χ2v) is 8.27. The molecule has 0 amide bonds. The Morgan fingerprint density at radius 2 is 1.89 bits per heavy atom. The number of sulfonamides is 1. The minimum absolute atomic E-state index is 0.0754. The smallest absolute Gasteiger partial charge is 0.345 e. The lowest BCUT2D eigenvalue weighted by atomic mass is 9.92. The molecule has 2 aromatic rings. The van der Waals surface area contributed by atoms with Gasteiger partial charge in [0.1, 0.15) is 10.6 Å². The Hall–Kier alpha value is -2.42. The van der Waals surface area contributed by atoms with Gasteiger partial charge in [-0.25, -0.2) is 18.4 Å². The molecule has 7 nitrogen and oxygen atoms in total. The number of hydrogen-bond acceptors (Lipinski definition) is 5. The zero-order valence-corrected chi connectivity index (χ0v) is 16.0. The minimum atomic E-state index is -4.09. The average molecular weight is 410 g/mol. The maximum absolute atomic E-state index is 13.0. The standard InChI is InChI=1S/C18H16ClNO6S/c1-8-9(2)17-11(6-14(26-17)18(22)23)5-12(8)16(21)10-3-4-13(19)15(7-10)27(20,24)25/h3-5,7,14H,6H2,1-2H3,(H,22,23)(H2,20,24,25). The van der Waals surface area contributed by atoms with Crippen LogP contribution in [-0.4, -0.2) is 31.4 Å². The summed E-state index contributed by atoms with van der Waals surface area (Å²) in [6.07, 6.45) is -0.845. The fourth-order valence-electron chi connectivity index (χ4n) is 3.05. The molecule has 0 aromatic heterocycles. The van der Waals surface area contributed by atoms with Crippen molar-refractivity contribution in [2.45, 2.75) is 31.3 Å². The predicted molar refractivity (Wildman–Crippen MR) is 97.9 cm³/mol. The summed E-state index contributed by atoms with van der Waals surface area (Å²) in [6, 6.07) is 5.44. The largest absolute Gasteiger partial charge is 0.478 e. The van der Waals surface area contributed by atoms with Gasteiger partial charge in [-0.05, 0) is 54.8 Å². The number of ketones is 1. The third-order valence-corrected chi connectivity index (χ3v) is 6.00. The molecule has 0 bridgehead atoms. The average Bonchev–Trinajstić information content (AvgIpc) is 3.01. The molecule has 1 unspecified atom stereocenters. The van der Waals surface area contributed by atoms with Crippen LogP contribution in [0.15, 0.2) is 29.2 Å². The van der Waals surface area contributed by atoms with E-state index >= 15 is 0 Å². The number of fused-ring (bicyclic) bond motifs is 1. The van der Waals surface area contributed by atoms with Gasteiger partial charge in [0.2, 0.25) is 10.0 Å². The molecule has 0 fully saturated rings.